The number of thiazole rings is 1. The van der Waals surface area contributed by atoms with Crippen LogP contribution >= 0.6 is 22.9 Å². The first-order valence-electron chi connectivity index (χ1n) is 5.57. The van der Waals surface area contributed by atoms with Crippen molar-refractivity contribution < 1.29 is 9.90 Å². The van der Waals surface area contributed by atoms with Crippen LogP contribution in [0.4, 0.5) is 0 Å². The fourth-order valence-corrected chi connectivity index (χ4v) is 2.64. The van der Waals surface area contributed by atoms with Crippen LogP contribution in [0.3, 0.4) is 0 Å². The highest BCUT2D eigenvalue weighted by molar-refractivity contribution is 7.09. The van der Waals surface area contributed by atoms with E-state index in [0.717, 1.165) is 16.3 Å². The van der Waals surface area contributed by atoms with E-state index < -0.39 is 5.97 Å². The fraction of sp³-hybridized carbons (Fsp3) is 0.231. The second kappa shape index (κ2) is 5.98. The first-order valence-corrected chi connectivity index (χ1v) is 6.83. The second-order valence-electron chi connectivity index (χ2n) is 3.88. The zero-order valence-electron chi connectivity index (χ0n) is 9.60. The molecule has 2 aromatic rings. The minimum absolute atomic E-state index is 0.187. The van der Waals surface area contributed by atoms with Gasteiger partial charge in [0, 0.05) is 22.4 Å². The maximum atomic E-state index is 10.4. The molecule has 0 saturated carbocycles. The van der Waals surface area contributed by atoms with E-state index >= 15 is 0 Å². The van der Waals surface area contributed by atoms with Crippen molar-refractivity contribution in [2.75, 3.05) is 0 Å². The topological polar surface area (TPSA) is 50.2 Å². The molecule has 0 spiro atoms. The number of carboxylic acids is 1. The summed E-state index contributed by atoms with van der Waals surface area (Å²) in [5, 5.41) is 12.2. The standard InChI is InChI=1S/C13H12ClNO2S/c14-10-4-1-3-9(7-10)11-8-18-12(15-11)5-2-6-13(16)17/h1,3-4,7-8H,2,5-6H2,(H,16,17). The van der Waals surface area contributed by atoms with E-state index in [1.54, 1.807) is 11.3 Å². The molecule has 1 N–H and O–H groups in total. The molecule has 0 atom stereocenters. The molecular formula is C13H12ClNO2S. The smallest absolute Gasteiger partial charge is 0.303 e. The maximum absolute atomic E-state index is 10.4. The van der Waals surface area contributed by atoms with Crippen molar-refractivity contribution in [2.24, 2.45) is 0 Å². The summed E-state index contributed by atoms with van der Waals surface area (Å²) in [5.74, 6) is -0.762. The van der Waals surface area contributed by atoms with Crippen LogP contribution in [0.25, 0.3) is 11.3 Å². The SMILES string of the molecule is O=C(O)CCCc1nc(-c2cccc(Cl)c2)cs1. The van der Waals surface area contributed by atoms with Crippen LogP contribution in [0, 0.1) is 0 Å². The van der Waals surface area contributed by atoms with E-state index in [1.807, 2.05) is 29.6 Å². The predicted octanol–water partition coefficient (Wildman–Crippen LogP) is 3.87. The Morgan fingerprint density at radius 1 is 1.44 bits per heavy atom. The summed E-state index contributed by atoms with van der Waals surface area (Å²) < 4.78 is 0. The van der Waals surface area contributed by atoms with Crippen molar-refractivity contribution in [1.29, 1.82) is 0 Å². The minimum atomic E-state index is -0.762. The number of benzene rings is 1. The molecule has 0 unspecified atom stereocenters. The van der Waals surface area contributed by atoms with E-state index in [9.17, 15) is 4.79 Å². The third kappa shape index (κ3) is 3.55. The lowest BCUT2D eigenvalue weighted by atomic mass is 10.2. The molecule has 3 nitrogen and oxygen atoms in total. The van der Waals surface area contributed by atoms with E-state index in [-0.39, 0.29) is 6.42 Å². The largest absolute Gasteiger partial charge is 0.481 e. The minimum Gasteiger partial charge on any atom is -0.481 e. The first-order chi connectivity index (χ1) is 8.65. The second-order valence-corrected chi connectivity index (χ2v) is 5.26. The molecule has 0 aliphatic rings. The maximum Gasteiger partial charge on any atom is 0.303 e. The number of aromatic nitrogens is 1. The van der Waals surface area contributed by atoms with E-state index in [0.29, 0.717) is 17.9 Å². The molecular weight excluding hydrogens is 270 g/mol. The average Bonchev–Trinajstić information content (AvgIpc) is 2.77. The number of hydrogen-bond acceptors (Lipinski definition) is 3. The van der Waals surface area contributed by atoms with Crippen molar-refractivity contribution in [1.82, 2.24) is 4.98 Å². The number of aryl methyl sites for hydroxylation is 1. The summed E-state index contributed by atoms with van der Waals surface area (Å²) in [6, 6.07) is 7.55. The highest BCUT2D eigenvalue weighted by Gasteiger charge is 2.06. The van der Waals surface area contributed by atoms with Gasteiger partial charge in [-0.2, -0.15) is 0 Å². The van der Waals surface area contributed by atoms with Crippen LogP contribution in [0.1, 0.15) is 17.8 Å². The molecule has 0 bridgehead atoms. The predicted molar refractivity (Wildman–Crippen MR) is 73.1 cm³/mol. The summed E-state index contributed by atoms with van der Waals surface area (Å²) >= 11 is 7.49. The van der Waals surface area contributed by atoms with E-state index in [2.05, 4.69) is 4.98 Å². The Morgan fingerprint density at radius 2 is 2.28 bits per heavy atom. The summed E-state index contributed by atoms with van der Waals surface area (Å²) in [5.41, 5.74) is 1.89. The molecule has 18 heavy (non-hydrogen) atoms. The van der Waals surface area contributed by atoms with Crippen LogP contribution < -0.4 is 0 Å². The van der Waals surface area contributed by atoms with Crippen LogP contribution in [-0.2, 0) is 11.2 Å². The highest BCUT2D eigenvalue weighted by Crippen LogP contribution is 2.25. The normalized spacial score (nSPS) is 10.5. The Balaban J connectivity index is 2.04. The number of hydrogen-bond donors (Lipinski definition) is 1. The van der Waals surface area contributed by atoms with E-state index in [4.69, 9.17) is 16.7 Å². The zero-order chi connectivity index (χ0) is 13.0. The van der Waals surface area contributed by atoms with Crippen molar-refractivity contribution >= 4 is 28.9 Å². The average molecular weight is 282 g/mol. The van der Waals surface area contributed by atoms with Gasteiger partial charge in [0.1, 0.15) is 0 Å². The van der Waals surface area contributed by atoms with Crippen molar-refractivity contribution in [3.8, 4) is 11.3 Å². The molecule has 0 amide bonds. The summed E-state index contributed by atoms with van der Waals surface area (Å²) in [4.78, 5) is 14.9. The van der Waals surface area contributed by atoms with Crippen LogP contribution in [-0.4, -0.2) is 16.1 Å². The van der Waals surface area contributed by atoms with Gasteiger partial charge in [-0.3, -0.25) is 4.79 Å². The van der Waals surface area contributed by atoms with Gasteiger partial charge < -0.3 is 5.11 Å². The lowest BCUT2D eigenvalue weighted by molar-refractivity contribution is -0.137. The molecule has 94 valence electrons. The molecule has 0 fully saturated rings. The Bertz CT molecular complexity index is 553. The molecule has 2 rings (SSSR count). The number of rotatable bonds is 5. The van der Waals surface area contributed by atoms with Gasteiger partial charge >= 0.3 is 5.97 Å². The summed E-state index contributed by atoms with van der Waals surface area (Å²) in [6.07, 6.45) is 1.52. The van der Waals surface area contributed by atoms with Gasteiger partial charge in [-0.15, -0.1) is 11.3 Å². The van der Waals surface area contributed by atoms with Gasteiger partial charge in [0.05, 0.1) is 10.7 Å². The van der Waals surface area contributed by atoms with Gasteiger partial charge in [0.15, 0.2) is 0 Å². The molecule has 0 saturated heterocycles. The highest BCUT2D eigenvalue weighted by atomic mass is 35.5. The van der Waals surface area contributed by atoms with E-state index in [1.165, 1.54) is 0 Å². The molecule has 0 aliphatic heterocycles. The Labute approximate surface area is 114 Å². The summed E-state index contributed by atoms with van der Waals surface area (Å²) in [6.45, 7) is 0. The Hall–Kier alpha value is -1.39. The van der Waals surface area contributed by atoms with Crippen molar-refractivity contribution in [3.05, 3.63) is 39.7 Å². The first kappa shape index (κ1) is 13.1. The number of halogens is 1. The summed E-state index contributed by atoms with van der Waals surface area (Å²) in [7, 11) is 0. The van der Waals surface area contributed by atoms with Gasteiger partial charge in [-0.05, 0) is 25.0 Å². The third-order valence-electron chi connectivity index (χ3n) is 2.45. The quantitative estimate of drug-likeness (QED) is 0.905. The van der Waals surface area contributed by atoms with Crippen molar-refractivity contribution in [2.45, 2.75) is 19.3 Å². The fourth-order valence-electron chi connectivity index (χ4n) is 1.60. The Kier molecular flexibility index (Phi) is 4.33. The molecule has 1 aromatic carbocycles. The molecule has 1 aromatic heterocycles. The number of carbonyl (C=O) groups is 1. The molecule has 0 aliphatic carbocycles. The van der Waals surface area contributed by atoms with Crippen LogP contribution in [0.5, 0.6) is 0 Å². The number of carboxylic acid groups (broad SMARTS) is 1. The monoisotopic (exact) mass is 281 g/mol. The molecule has 0 radical (unpaired) electrons. The Morgan fingerprint density at radius 3 is 3.00 bits per heavy atom. The lowest BCUT2D eigenvalue weighted by Gasteiger charge is -1.97. The van der Waals surface area contributed by atoms with Crippen molar-refractivity contribution in [3.63, 3.8) is 0 Å². The van der Waals surface area contributed by atoms with Gasteiger partial charge in [-0.1, -0.05) is 23.7 Å². The molecule has 1 heterocycles. The zero-order valence-corrected chi connectivity index (χ0v) is 11.2. The van der Waals surface area contributed by atoms with Crippen LogP contribution in [0.2, 0.25) is 5.02 Å². The van der Waals surface area contributed by atoms with Gasteiger partial charge in [0.25, 0.3) is 0 Å². The van der Waals surface area contributed by atoms with Gasteiger partial charge in [0.2, 0.25) is 0 Å². The molecule has 5 heteroatoms. The lowest BCUT2D eigenvalue weighted by Crippen LogP contribution is -1.95. The third-order valence-corrected chi connectivity index (χ3v) is 3.60. The number of aliphatic carboxylic acids is 1. The van der Waals surface area contributed by atoms with Gasteiger partial charge in [-0.25, -0.2) is 4.98 Å². The number of nitrogens with zero attached hydrogens (tertiary/aromatic N) is 1. The van der Waals surface area contributed by atoms with Crippen LogP contribution in [0.15, 0.2) is 29.6 Å².